The normalized spacial score (nSPS) is 10.7. The number of imidazole rings is 1. The van der Waals surface area contributed by atoms with Gasteiger partial charge in [-0.25, -0.2) is 4.98 Å². The van der Waals surface area contributed by atoms with Gasteiger partial charge in [0.15, 0.2) is 0 Å². The molecule has 0 saturated carbocycles. The molecule has 106 valence electrons. The fourth-order valence-electron chi connectivity index (χ4n) is 1.99. The molecule has 0 aliphatic carbocycles. The molecule has 1 aromatic carbocycles. The van der Waals surface area contributed by atoms with Gasteiger partial charge in [-0.1, -0.05) is 12.2 Å². The van der Waals surface area contributed by atoms with E-state index < -0.39 is 0 Å². The Morgan fingerprint density at radius 3 is 3.00 bits per heavy atom. The zero-order chi connectivity index (χ0) is 14.7. The quantitative estimate of drug-likeness (QED) is 0.708. The molecule has 0 radical (unpaired) electrons. The molecule has 0 spiro atoms. The van der Waals surface area contributed by atoms with E-state index in [4.69, 9.17) is 22.7 Å². The minimum atomic E-state index is 0.455. The van der Waals surface area contributed by atoms with Crippen LogP contribution in [0.15, 0.2) is 42.7 Å². The molecular weight excluding hydrogens is 284 g/mol. The van der Waals surface area contributed by atoms with E-state index in [0.717, 1.165) is 28.2 Å². The maximum absolute atomic E-state index is 5.61. The van der Waals surface area contributed by atoms with Crippen LogP contribution < -0.4 is 10.5 Å². The summed E-state index contributed by atoms with van der Waals surface area (Å²) >= 11 is 4.82. The Morgan fingerprint density at radius 1 is 1.33 bits per heavy atom. The van der Waals surface area contributed by atoms with Crippen molar-refractivity contribution in [3.05, 3.63) is 42.7 Å². The number of nitrogens with one attached hydrogen (secondary N) is 1. The van der Waals surface area contributed by atoms with Gasteiger partial charge in [0, 0.05) is 30.4 Å². The molecule has 21 heavy (non-hydrogen) atoms. The third-order valence-corrected chi connectivity index (χ3v) is 3.21. The van der Waals surface area contributed by atoms with Gasteiger partial charge in [0.2, 0.25) is 0 Å². The molecule has 0 aliphatic rings. The van der Waals surface area contributed by atoms with E-state index in [-0.39, 0.29) is 0 Å². The highest BCUT2D eigenvalue weighted by atomic mass is 32.1. The summed E-state index contributed by atoms with van der Waals surface area (Å²) in [6.07, 6.45) is 4.08. The average Bonchev–Trinajstić information content (AvgIpc) is 2.91. The highest BCUT2D eigenvalue weighted by Crippen LogP contribution is 2.23. The van der Waals surface area contributed by atoms with Gasteiger partial charge in [0.05, 0.1) is 22.6 Å². The van der Waals surface area contributed by atoms with Crippen molar-refractivity contribution in [2.75, 3.05) is 6.61 Å². The summed E-state index contributed by atoms with van der Waals surface area (Å²) in [6.45, 7) is 0.477. The van der Waals surface area contributed by atoms with Crippen molar-refractivity contribution in [3.8, 4) is 17.1 Å². The average molecular weight is 298 g/mol. The monoisotopic (exact) mass is 298 g/mol. The minimum Gasteiger partial charge on any atom is -0.493 e. The lowest BCUT2D eigenvalue weighted by Crippen LogP contribution is -2.12. The molecule has 2 aromatic heterocycles. The molecule has 0 unspecified atom stereocenters. The Kier molecular flexibility index (Phi) is 3.79. The number of thiocarbonyl (C=S) groups is 1. The number of hydrogen-bond acceptors (Lipinski definition) is 4. The Labute approximate surface area is 127 Å². The van der Waals surface area contributed by atoms with Crippen molar-refractivity contribution >= 4 is 28.2 Å². The van der Waals surface area contributed by atoms with E-state index in [0.29, 0.717) is 18.0 Å². The van der Waals surface area contributed by atoms with E-state index in [2.05, 4.69) is 15.0 Å². The van der Waals surface area contributed by atoms with Gasteiger partial charge in [-0.05, 0) is 24.3 Å². The smallest absolute Gasteiger partial charge is 0.140 e. The van der Waals surface area contributed by atoms with Crippen LogP contribution in [-0.4, -0.2) is 26.5 Å². The van der Waals surface area contributed by atoms with Crippen LogP contribution in [0.1, 0.15) is 6.42 Å². The van der Waals surface area contributed by atoms with E-state index in [1.54, 1.807) is 12.4 Å². The Hall–Kier alpha value is -2.47. The maximum Gasteiger partial charge on any atom is 0.140 e. The molecule has 5 nitrogen and oxygen atoms in total. The number of hydrogen-bond donors (Lipinski definition) is 2. The summed E-state index contributed by atoms with van der Waals surface area (Å²) in [5.41, 5.74) is 8.20. The number of nitrogens with zero attached hydrogens (tertiary/aromatic N) is 2. The summed E-state index contributed by atoms with van der Waals surface area (Å²) in [4.78, 5) is 12.4. The van der Waals surface area contributed by atoms with E-state index in [9.17, 15) is 0 Å². The SMILES string of the molecule is NC(=S)CCOc1ccc2nc(-c3cccnc3)[nH]c2c1. The van der Waals surface area contributed by atoms with Gasteiger partial charge in [-0.2, -0.15) is 0 Å². The minimum absolute atomic E-state index is 0.455. The van der Waals surface area contributed by atoms with Crippen molar-refractivity contribution in [1.29, 1.82) is 0 Å². The molecule has 0 fully saturated rings. The van der Waals surface area contributed by atoms with Crippen LogP contribution in [0.5, 0.6) is 5.75 Å². The number of ether oxygens (including phenoxy) is 1. The zero-order valence-electron chi connectivity index (χ0n) is 11.2. The number of aromatic amines is 1. The largest absolute Gasteiger partial charge is 0.493 e. The first-order valence-electron chi connectivity index (χ1n) is 6.53. The predicted octanol–water partition coefficient (Wildman–Crippen LogP) is 2.68. The summed E-state index contributed by atoms with van der Waals surface area (Å²) < 4.78 is 5.61. The molecule has 2 heterocycles. The van der Waals surface area contributed by atoms with Gasteiger partial charge in [0.25, 0.3) is 0 Å². The topological polar surface area (TPSA) is 76.8 Å². The fourth-order valence-corrected chi connectivity index (χ4v) is 2.07. The molecule has 0 amide bonds. The number of rotatable bonds is 5. The highest BCUT2D eigenvalue weighted by molar-refractivity contribution is 7.80. The number of nitrogens with two attached hydrogens (primary N) is 1. The van der Waals surface area contributed by atoms with Crippen molar-refractivity contribution < 1.29 is 4.74 Å². The summed E-state index contributed by atoms with van der Waals surface area (Å²) in [7, 11) is 0. The molecular formula is C15H14N4OS. The third-order valence-electron chi connectivity index (χ3n) is 3.01. The lowest BCUT2D eigenvalue weighted by atomic mass is 10.3. The molecule has 3 N–H and O–H groups in total. The van der Waals surface area contributed by atoms with Crippen LogP contribution in [0.4, 0.5) is 0 Å². The molecule has 3 aromatic rings. The third kappa shape index (κ3) is 3.17. The second-order valence-corrected chi connectivity index (χ2v) is 5.10. The fraction of sp³-hybridized carbons (Fsp3) is 0.133. The molecule has 0 atom stereocenters. The molecule has 6 heteroatoms. The second kappa shape index (κ2) is 5.88. The Balaban J connectivity index is 1.83. The van der Waals surface area contributed by atoms with Gasteiger partial charge >= 0.3 is 0 Å². The molecule has 0 aliphatic heterocycles. The van der Waals surface area contributed by atoms with Crippen LogP contribution >= 0.6 is 12.2 Å². The highest BCUT2D eigenvalue weighted by Gasteiger charge is 2.06. The van der Waals surface area contributed by atoms with Crippen LogP contribution in [0.3, 0.4) is 0 Å². The standard InChI is InChI=1S/C15H14N4OS/c16-14(21)5-7-20-11-3-4-12-13(8-11)19-15(18-12)10-2-1-6-17-9-10/h1-4,6,8-9H,5,7H2,(H2,16,21)(H,18,19). The van der Waals surface area contributed by atoms with Crippen molar-refractivity contribution in [2.24, 2.45) is 5.73 Å². The van der Waals surface area contributed by atoms with E-state index in [1.807, 2.05) is 30.3 Å². The van der Waals surface area contributed by atoms with Crippen LogP contribution in [0.25, 0.3) is 22.4 Å². The summed E-state index contributed by atoms with van der Waals surface area (Å²) in [5.74, 6) is 1.55. The van der Waals surface area contributed by atoms with Gasteiger partial charge in [-0.15, -0.1) is 0 Å². The molecule has 0 bridgehead atoms. The number of aromatic nitrogens is 3. The van der Waals surface area contributed by atoms with Crippen molar-refractivity contribution in [2.45, 2.75) is 6.42 Å². The lowest BCUT2D eigenvalue weighted by Gasteiger charge is -2.04. The van der Waals surface area contributed by atoms with Crippen LogP contribution in [0, 0.1) is 0 Å². The number of benzene rings is 1. The van der Waals surface area contributed by atoms with E-state index in [1.165, 1.54) is 0 Å². The maximum atomic E-state index is 5.61. The first kappa shape index (κ1) is 13.5. The van der Waals surface area contributed by atoms with Crippen molar-refractivity contribution in [1.82, 2.24) is 15.0 Å². The Bertz CT molecular complexity index is 770. The second-order valence-electron chi connectivity index (χ2n) is 4.57. The van der Waals surface area contributed by atoms with E-state index >= 15 is 0 Å². The van der Waals surface area contributed by atoms with Gasteiger partial charge < -0.3 is 15.5 Å². The molecule has 0 saturated heterocycles. The summed E-state index contributed by atoms with van der Waals surface area (Å²) in [6, 6.07) is 9.57. The number of pyridine rings is 1. The number of H-pyrrole nitrogens is 1. The van der Waals surface area contributed by atoms with Crippen molar-refractivity contribution in [3.63, 3.8) is 0 Å². The predicted molar refractivity (Wildman–Crippen MR) is 86.2 cm³/mol. The van der Waals surface area contributed by atoms with Gasteiger partial charge in [-0.3, -0.25) is 4.98 Å². The van der Waals surface area contributed by atoms with Crippen LogP contribution in [-0.2, 0) is 0 Å². The van der Waals surface area contributed by atoms with Crippen LogP contribution in [0.2, 0.25) is 0 Å². The number of fused-ring (bicyclic) bond motifs is 1. The molecule has 3 rings (SSSR count). The first-order chi connectivity index (χ1) is 10.2. The summed E-state index contributed by atoms with van der Waals surface area (Å²) in [5, 5.41) is 0. The lowest BCUT2D eigenvalue weighted by molar-refractivity contribution is 0.330. The van der Waals surface area contributed by atoms with Gasteiger partial charge in [0.1, 0.15) is 11.6 Å². The first-order valence-corrected chi connectivity index (χ1v) is 6.94. The zero-order valence-corrected chi connectivity index (χ0v) is 12.1. The Morgan fingerprint density at radius 2 is 2.24 bits per heavy atom.